The van der Waals surface area contributed by atoms with Crippen LogP contribution in [0.15, 0.2) is 0 Å². The molecular formula is C8H15NO2. The number of amides is 1. The maximum Gasteiger partial charge on any atom is 0.223 e. The molecule has 3 nitrogen and oxygen atoms in total. The van der Waals surface area contributed by atoms with Crippen LogP contribution in [0.25, 0.3) is 0 Å². The molecule has 0 saturated carbocycles. The Hall–Kier alpha value is -0.570. The van der Waals surface area contributed by atoms with E-state index in [0.717, 1.165) is 12.8 Å². The van der Waals surface area contributed by atoms with E-state index in [0.29, 0.717) is 12.5 Å². The molecule has 0 aromatic rings. The molecule has 0 aliphatic carbocycles. The van der Waals surface area contributed by atoms with Gasteiger partial charge in [0.25, 0.3) is 0 Å². The van der Waals surface area contributed by atoms with Crippen LogP contribution in [0.3, 0.4) is 0 Å². The predicted molar refractivity (Wildman–Crippen MR) is 42.0 cm³/mol. The van der Waals surface area contributed by atoms with E-state index >= 15 is 0 Å². The van der Waals surface area contributed by atoms with Gasteiger partial charge in [0.05, 0.1) is 0 Å². The van der Waals surface area contributed by atoms with E-state index in [1.807, 2.05) is 0 Å². The Morgan fingerprint density at radius 1 is 1.73 bits per heavy atom. The maximum absolute atomic E-state index is 11.1. The number of carbonyl (C=O) groups is 1. The monoisotopic (exact) mass is 157 g/mol. The van der Waals surface area contributed by atoms with Gasteiger partial charge in [-0.05, 0) is 19.3 Å². The Morgan fingerprint density at radius 3 is 2.91 bits per heavy atom. The average molecular weight is 157 g/mol. The third kappa shape index (κ3) is 1.93. The molecule has 3 heteroatoms. The summed E-state index contributed by atoms with van der Waals surface area (Å²) < 4.78 is 0. The fourth-order valence-corrected chi connectivity index (χ4v) is 1.50. The van der Waals surface area contributed by atoms with Gasteiger partial charge in [-0.2, -0.15) is 0 Å². The molecule has 1 aliphatic heterocycles. The van der Waals surface area contributed by atoms with Gasteiger partial charge in [-0.3, -0.25) is 4.79 Å². The van der Waals surface area contributed by atoms with E-state index in [-0.39, 0.29) is 18.4 Å². The van der Waals surface area contributed by atoms with Gasteiger partial charge < -0.3 is 10.4 Å². The summed E-state index contributed by atoms with van der Waals surface area (Å²) in [5.74, 6) is 0.177. The number of hydrogen-bond acceptors (Lipinski definition) is 2. The van der Waals surface area contributed by atoms with Crippen molar-refractivity contribution in [3.63, 3.8) is 0 Å². The second-order valence-electron chi connectivity index (χ2n) is 3.06. The van der Waals surface area contributed by atoms with Crippen LogP contribution < -0.4 is 5.32 Å². The summed E-state index contributed by atoms with van der Waals surface area (Å²) in [5, 5.41) is 11.5. The lowest BCUT2D eigenvalue weighted by Crippen LogP contribution is -2.25. The molecule has 0 bridgehead atoms. The van der Waals surface area contributed by atoms with Crippen molar-refractivity contribution in [1.82, 2.24) is 5.32 Å². The van der Waals surface area contributed by atoms with Gasteiger partial charge in [-0.1, -0.05) is 6.92 Å². The van der Waals surface area contributed by atoms with Crippen LogP contribution in [-0.2, 0) is 4.79 Å². The second-order valence-corrected chi connectivity index (χ2v) is 3.06. The highest BCUT2D eigenvalue weighted by Gasteiger charge is 2.29. The first-order chi connectivity index (χ1) is 5.27. The molecule has 2 unspecified atom stereocenters. The molecule has 64 valence electrons. The van der Waals surface area contributed by atoms with Crippen LogP contribution >= 0.6 is 0 Å². The summed E-state index contributed by atoms with van der Waals surface area (Å²) in [7, 11) is 0. The molecule has 1 fully saturated rings. The van der Waals surface area contributed by atoms with Crippen molar-refractivity contribution < 1.29 is 9.90 Å². The molecule has 1 saturated heterocycles. The van der Waals surface area contributed by atoms with Crippen LogP contribution in [-0.4, -0.2) is 23.7 Å². The molecule has 2 atom stereocenters. The largest absolute Gasteiger partial charge is 0.396 e. The lowest BCUT2D eigenvalue weighted by atomic mass is 10.0. The Labute approximate surface area is 66.8 Å². The summed E-state index contributed by atoms with van der Waals surface area (Å²) in [6, 6.07) is 0.346. The Morgan fingerprint density at radius 2 is 2.45 bits per heavy atom. The third-order valence-corrected chi connectivity index (χ3v) is 2.26. The number of aliphatic hydroxyl groups is 1. The van der Waals surface area contributed by atoms with Crippen LogP contribution in [0, 0.1) is 5.92 Å². The molecule has 0 spiro atoms. The van der Waals surface area contributed by atoms with E-state index in [1.54, 1.807) is 0 Å². The van der Waals surface area contributed by atoms with E-state index < -0.39 is 0 Å². The third-order valence-electron chi connectivity index (χ3n) is 2.26. The van der Waals surface area contributed by atoms with Crippen LogP contribution in [0.5, 0.6) is 0 Å². The first kappa shape index (κ1) is 8.53. The highest BCUT2D eigenvalue weighted by Crippen LogP contribution is 2.19. The molecule has 1 heterocycles. The molecule has 11 heavy (non-hydrogen) atoms. The lowest BCUT2D eigenvalue weighted by molar-refractivity contribution is -0.123. The van der Waals surface area contributed by atoms with Crippen molar-refractivity contribution in [1.29, 1.82) is 0 Å². The molecule has 1 aliphatic rings. The van der Waals surface area contributed by atoms with E-state index in [4.69, 9.17) is 5.11 Å². The van der Waals surface area contributed by atoms with Gasteiger partial charge in [0.2, 0.25) is 5.91 Å². The van der Waals surface area contributed by atoms with Crippen molar-refractivity contribution in [2.75, 3.05) is 6.61 Å². The van der Waals surface area contributed by atoms with Crippen LogP contribution in [0.2, 0.25) is 0 Å². The van der Waals surface area contributed by atoms with Crippen molar-refractivity contribution in [3.05, 3.63) is 0 Å². The van der Waals surface area contributed by atoms with E-state index in [9.17, 15) is 4.79 Å². The van der Waals surface area contributed by atoms with Crippen molar-refractivity contribution >= 4 is 5.91 Å². The number of hydrogen-bond donors (Lipinski definition) is 2. The minimum atomic E-state index is 0.0601. The lowest BCUT2D eigenvalue weighted by Gasteiger charge is -2.03. The van der Waals surface area contributed by atoms with Crippen molar-refractivity contribution in [2.24, 2.45) is 5.92 Å². The zero-order valence-corrected chi connectivity index (χ0v) is 6.84. The molecule has 1 amide bonds. The predicted octanol–water partition coefficient (Wildman–Crippen LogP) is 0.283. The van der Waals surface area contributed by atoms with Gasteiger partial charge in [-0.15, -0.1) is 0 Å². The summed E-state index contributed by atoms with van der Waals surface area (Å²) >= 11 is 0. The van der Waals surface area contributed by atoms with Crippen molar-refractivity contribution in [2.45, 2.75) is 32.2 Å². The average Bonchev–Trinajstić information content (AvgIpc) is 2.33. The summed E-state index contributed by atoms with van der Waals surface area (Å²) in [4.78, 5) is 11.1. The SMILES string of the molecule is CCC1CC(CCO)C(=O)N1. The normalized spacial score (nSPS) is 30.5. The maximum atomic E-state index is 11.1. The molecule has 1 rings (SSSR count). The fourth-order valence-electron chi connectivity index (χ4n) is 1.50. The zero-order valence-electron chi connectivity index (χ0n) is 6.84. The molecule has 2 N–H and O–H groups in total. The Balaban J connectivity index is 2.38. The zero-order chi connectivity index (χ0) is 8.27. The number of carbonyl (C=O) groups excluding carboxylic acids is 1. The number of aliphatic hydroxyl groups excluding tert-OH is 1. The first-order valence-corrected chi connectivity index (χ1v) is 4.19. The minimum Gasteiger partial charge on any atom is -0.396 e. The van der Waals surface area contributed by atoms with Gasteiger partial charge in [0, 0.05) is 18.6 Å². The minimum absolute atomic E-state index is 0.0601. The Kier molecular flexibility index (Phi) is 2.88. The van der Waals surface area contributed by atoms with Gasteiger partial charge >= 0.3 is 0 Å². The smallest absolute Gasteiger partial charge is 0.223 e. The van der Waals surface area contributed by atoms with Crippen molar-refractivity contribution in [3.8, 4) is 0 Å². The molecule has 0 radical (unpaired) electrons. The summed E-state index contributed by atoms with van der Waals surface area (Å²) in [6.07, 6.45) is 2.51. The number of rotatable bonds is 3. The first-order valence-electron chi connectivity index (χ1n) is 4.19. The molecule has 0 aromatic carbocycles. The number of nitrogens with one attached hydrogen (secondary N) is 1. The standard InChI is InChI=1S/C8H15NO2/c1-2-7-5-6(3-4-10)8(11)9-7/h6-7,10H,2-5H2,1H3,(H,9,11). The summed E-state index contributed by atoms with van der Waals surface area (Å²) in [5.41, 5.74) is 0. The Bertz CT molecular complexity index is 147. The highest BCUT2D eigenvalue weighted by molar-refractivity contribution is 5.81. The topological polar surface area (TPSA) is 49.3 Å². The fraction of sp³-hybridized carbons (Fsp3) is 0.875. The van der Waals surface area contributed by atoms with Crippen LogP contribution in [0.1, 0.15) is 26.2 Å². The summed E-state index contributed by atoms with van der Waals surface area (Å²) in [6.45, 7) is 2.18. The highest BCUT2D eigenvalue weighted by atomic mass is 16.3. The van der Waals surface area contributed by atoms with E-state index in [2.05, 4.69) is 12.2 Å². The van der Waals surface area contributed by atoms with Gasteiger partial charge in [-0.25, -0.2) is 0 Å². The quantitative estimate of drug-likeness (QED) is 0.618. The molecular weight excluding hydrogens is 142 g/mol. The molecule has 0 aromatic heterocycles. The van der Waals surface area contributed by atoms with Gasteiger partial charge in [0.15, 0.2) is 0 Å². The van der Waals surface area contributed by atoms with Crippen LogP contribution in [0.4, 0.5) is 0 Å². The van der Waals surface area contributed by atoms with Gasteiger partial charge in [0.1, 0.15) is 0 Å². The second kappa shape index (κ2) is 3.72. The van der Waals surface area contributed by atoms with E-state index in [1.165, 1.54) is 0 Å².